The maximum absolute atomic E-state index is 11.7. The molecule has 1 rings (SSSR count). The number of aliphatic hydroxyl groups is 1. The lowest BCUT2D eigenvalue weighted by molar-refractivity contribution is -0.118. The number of amides is 1. The second-order valence-corrected chi connectivity index (χ2v) is 5.04. The number of thiophene rings is 1. The van der Waals surface area contributed by atoms with E-state index in [9.17, 15) is 9.90 Å². The highest BCUT2D eigenvalue weighted by Crippen LogP contribution is 2.22. The van der Waals surface area contributed by atoms with Gasteiger partial charge in [-0.1, -0.05) is 13.0 Å². The van der Waals surface area contributed by atoms with Crippen LogP contribution in [-0.4, -0.2) is 17.6 Å². The Hall–Kier alpha value is -1.13. The molecular weight excluding hydrogens is 234 g/mol. The minimum absolute atomic E-state index is 0.123. The molecule has 94 valence electrons. The summed E-state index contributed by atoms with van der Waals surface area (Å²) in [5, 5.41) is 16.8. The molecule has 3 nitrogen and oxygen atoms in total. The zero-order valence-corrected chi connectivity index (χ0v) is 11.3. The number of hydrogen-bond acceptors (Lipinski definition) is 3. The van der Waals surface area contributed by atoms with Gasteiger partial charge >= 0.3 is 0 Å². The molecule has 0 unspecified atom stereocenters. The van der Waals surface area contributed by atoms with Gasteiger partial charge in [0.25, 0.3) is 0 Å². The highest BCUT2D eigenvalue weighted by Gasteiger charge is 2.24. The van der Waals surface area contributed by atoms with Gasteiger partial charge in [0, 0.05) is 5.57 Å². The Kier molecular flexibility index (Phi) is 4.90. The van der Waals surface area contributed by atoms with Gasteiger partial charge in [0.1, 0.15) is 5.60 Å². The zero-order valence-electron chi connectivity index (χ0n) is 10.5. The van der Waals surface area contributed by atoms with Gasteiger partial charge in [-0.3, -0.25) is 4.79 Å². The Morgan fingerprint density at radius 1 is 1.65 bits per heavy atom. The molecule has 17 heavy (non-hydrogen) atoms. The molecule has 2 N–H and O–H groups in total. The topological polar surface area (TPSA) is 49.3 Å². The van der Waals surface area contributed by atoms with E-state index in [1.54, 1.807) is 13.8 Å². The first-order valence-electron chi connectivity index (χ1n) is 5.67. The summed E-state index contributed by atoms with van der Waals surface area (Å²) in [5.41, 5.74) is 0.510. The standard InChI is InChI=1S/C13H19NO2S/c1-4-5-10(2)12(15)14-9-13(3,16)11-6-7-17-8-11/h5-8,16H,4,9H2,1-3H3,(H,14,15)/b10-5+/t13-/m0/s1. The molecule has 4 heteroatoms. The molecular formula is C13H19NO2S. The maximum atomic E-state index is 11.7. The predicted octanol–water partition coefficient (Wildman–Crippen LogP) is 2.43. The van der Waals surface area contributed by atoms with Gasteiger partial charge in [0.15, 0.2) is 0 Å². The van der Waals surface area contributed by atoms with Gasteiger partial charge in [0.2, 0.25) is 5.91 Å². The van der Waals surface area contributed by atoms with E-state index in [-0.39, 0.29) is 12.5 Å². The first-order chi connectivity index (χ1) is 7.97. The van der Waals surface area contributed by atoms with E-state index in [2.05, 4.69) is 5.32 Å². The van der Waals surface area contributed by atoms with Crippen LogP contribution in [0.15, 0.2) is 28.5 Å². The van der Waals surface area contributed by atoms with Crippen LogP contribution in [-0.2, 0) is 10.4 Å². The number of carbonyl (C=O) groups excluding carboxylic acids is 1. The summed E-state index contributed by atoms with van der Waals surface area (Å²) >= 11 is 1.53. The first kappa shape index (κ1) is 13.9. The predicted molar refractivity (Wildman–Crippen MR) is 70.9 cm³/mol. The minimum Gasteiger partial charge on any atom is -0.384 e. The van der Waals surface area contributed by atoms with Gasteiger partial charge < -0.3 is 10.4 Å². The zero-order chi connectivity index (χ0) is 12.9. The molecule has 0 aliphatic rings. The van der Waals surface area contributed by atoms with Gasteiger partial charge in [-0.15, -0.1) is 0 Å². The van der Waals surface area contributed by atoms with Crippen LogP contribution in [0.2, 0.25) is 0 Å². The molecule has 1 aromatic heterocycles. The molecule has 0 aliphatic carbocycles. The van der Waals surface area contributed by atoms with Crippen LogP contribution in [0.4, 0.5) is 0 Å². The fraction of sp³-hybridized carbons (Fsp3) is 0.462. The summed E-state index contributed by atoms with van der Waals surface area (Å²) < 4.78 is 0. The average Bonchev–Trinajstić information content (AvgIpc) is 2.80. The Balaban J connectivity index is 2.56. The van der Waals surface area contributed by atoms with Crippen molar-refractivity contribution >= 4 is 17.2 Å². The summed E-state index contributed by atoms with van der Waals surface area (Å²) in [6.45, 7) is 5.68. The maximum Gasteiger partial charge on any atom is 0.246 e. The summed E-state index contributed by atoms with van der Waals surface area (Å²) in [7, 11) is 0. The van der Waals surface area contributed by atoms with Crippen LogP contribution >= 0.6 is 11.3 Å². The normalized spacial score (nSPS) is 15.4. The number of allylic oxidation sites excluding steroid dienone is 1. The van der Waals surface area contributed by atoms with E-state index >= 15 is 0 Å². The van der Waals surface area contributed by atoms with Crippen molar-refractivity contribution in [1.29, 1.82) is 0 Å². The fourth-order valence-corrected chi connectivity index (χ4v) is 2.25. The van der Waals surface area contributed by atoms with Gasteiger partial charge in [-0.2, -0.15) is 11.3 Å². The third-order valence-electron chi connectivity index (χ3n) is 2.60. The molecule has 0 fully saturated rings. The van der Waals surface area contributed by atoms with Crippen molar-refractivity contribution < 1.29 is 9.90 Å². The molecule has 0 saturated carbocycles. The molecule has 1 heterocycles. The first-order valence-corrected chi connectivity index (χ1v) is 6.61. The number of rotatable bonds is 5. The molecule has 0 saturated heterocycles. The molecule has 0 spiro atoms. The van der Waals surface area contributed by atoms with Crippen molar-refractivity contribution in [3.63, 3.8) is 0 Å². The Morgan fingerprint density at radius 3 is 2.88 bits per heavy atom. The second kappa shape index (κ2) is 5.98. The van der Waals surface area contributed by atoms with Crippen molar-refractivity contribution in [2.45, 2.75) is 32.8 Å². The summed E-state index contributed by atoms with van der Waals surface area (Å²) in [6, 6.07) is 1.87. The molecule has 0 bridgehead atoms. The van der Waals surface area contributed by atoms with Crippen LogP contribution < -0.4 is 5.32 Å². The fourth-order valence-electron chi connectivity index (χ4n) is 1.46. The number of nitrogens with one attached hydrogen (secondary N) is 1. The van der Waals surface area contributed by atoms with Crippen molar-refractivity contribution in [3.05, 3.63) is 34.0 Å². The quantitative estimate of drug-likeness (QED) is 0.792. The summed E-state index contributed by atoms with van der Waals surface area (Å²) in [5.74, 6) is -0.123. The molecule has 1 atom stereocenters. The smallest absolute Gasteiger partial charge is 0.246 e. The van der Waals surface area contributed by atoms with Crippen LogP contribution in [0.25, 0.3) is 0 Å². The van der Waals surface area contributed by atoms with Crippen LogP contribution in [0, 0.1) is 0 Å². The largest absolute Gasteiger partial charge is 0.384 e. The highest BCUT2D eigenvalue weighted by atomic mass is 32.1. The van der Waals surface area contributed by atoms with Crippen LogP contribution in [0.5, 0.6) is 0 Å². The SMILES string of the molecule is CC/C=C(\C)C(=O)NC[C@](C)(O)c1ccsc1. The summed E-state index contributed by atoms with van der Waals surface area (Å²) in [6.07, 6.45) is 2.70. The second-order valence-electron chi connectivity index (χ2n) is 4.26. The summed E-state index contributed by atoms with van der Waals surface area (Å²) in [4.78, 5) is 11.7. The Morgan fingerprint density at radius 2 is 2.35 bits per heavy atom. The lowest BCUT2D eigenvalue weighted by Crippen LogP contribution is -2.38. The van der Waals surface area contributed by atoms with E-state index in [0.29, 0.717) is 5.57 Å². The molecule has 1 aromatic rings. The Labute approximate surface area is 106 Å². The van der Waals surface area contributed by atoms with E-state index in [1.807, 2.05) is 29.8 Å². The van der Waals surface area contributed by atoms with Crippen molar-refractivity contribution in [1.82, 2.24) is 5.32 Å². The lowest BCUT2D eigenvalue weighted by atomic mass is 9.99. The van der Waals surface area contributed by atoms with Crippen molar-refractivity contribution in [2.24, 2.45) is 0 Å². The third-order valence-corrected chi connectivity index (χ3v) is 3.29. The molecule has 0 radical (unpaired) electrons. The van der Waals surface area contributed by atoms with Gasteiger partial charge in [-0.05, 0) is 42.7 Å². The molecule has 1 amide bonds. The van der Waals surface area contributed by atoms with E-state index < -0.39 is 5.60 Å². The number of hydrogen-bond donors (Lipinski definition) is 2. The van der Waals surface area contributed by atoms with Crippen LogP contribution in [0.1, 0.15) is 32.8 Å². The van der Waals surface area contributed by atoms with Crippen molar-refractivity contribution in [2.75, 3.05) is 6.54 Å². The van der Waals surface area contributed by atoms with Gasteiger partial charge in [-0.25, -0.2) is 0 Å². The minimum atomic E-state index is -1.01. The number of carbonyl (C=O) groups is 1. The molecule has 0 aliphatic heterocycles. The van der Waals surface area contributed by atoms with E-state index in [4.69, 9.17) is 0 Å². The van der Waals surface area contributed by atoms with E-state index in [0.717, 1.165) is 12.0 Å². The average molecular weight is 253 g/mol. The monoisotopic (exact) mass is 253 g/mol. The highest BCUT2D eigenvalue weighted by molar-refractivity contribution is 7.08. The molecule has 0 aromatic carbocycles. The van der Waals surface area contributed by atoms with Gasteiger partial charge in [0.05, 0.1) is 6.54 Å². The lowest BCUT2D eigenvalue weighted by Gasteiger charge is -2.22. The third kappa shape index (κ3) is 3.98. The Bertz CT molecular complexity index is 394. The van der Waals surface area contributed by atoms with E-state index in [1.165, 1.54) is 11.3 Å². The van der Waals surface area contributed by atoms with Crippen LogP contribution in [0.3, 0.4) is 0 Å². The van der Waals surface area contributed by atoms with Crippen molar-refractivity contribution in [3.8, 4) is 0 Å².